The Morgan fingerprint density at radius 3 is 2.42 bits per heavy atom. The van der Waals surface area contributed by atoms with Gasteiger partial charge in [-0.15, -0.1) is 0 Å². The Balaban J connectivity index is 2.22. The Morgan fingerprint density at radius 1 is 1.22 bits per heavy atom. The molecule has 13 nitrogen and oxygen atoms in total. The van der Waals surface area contributed by atoms with Gasteiger partial charge in [0.1, 0.15) is 12.2 Å². The monoisotopic (exact) mass is 519 g/mol. The Hall–Kier alpha value is -3.69. The maximum Gasteiger partial charge on any atom is 0.428 e. The SMILES string of the molecule is CCCn1c(=O)n([C@@H]2O[C@H](C(OC(C)=O)C(F)(F)F)C[C@H]2OC(C)=O)c2nc(NC(C)=O)[nH]c(=O)c21. The van der Waals surface area contributed by atoms with Crippen molar-refractivity contribution in [1.29, 1.82) is 0 Å². The molecule has 3 heterocycles. The highest BCUT2D eigenvalue weighted by Gasteiger charge is 2.54. The van der Waals surface area contributed by atoms with E-state index in [0.29, 0.717) is 6.42 Å². The molecule has 0 spiro atoms. The van der Waals surface area contributed by atoms with Crippen LogP contribution in [0.25, 0.3) is 11.2 Å². The van der Waals surface area contributed by atoms with Crippen LogP contribution >= 0.6 is 0 Å². The number of alkyl halides is 3. The summed E-state index contributed by atoms with van der Waals surface area (Å²) in [6, 6.07) is 0. The number of H-pyrrole nitrogens is 1. The number of halogens is 3. The second-order valence-corrected chi connectivity index (χ2v) is 8.09. The van der Waals surface area contributed by atoms with Crippen LogP contribution in [0.15, 0.2) is 9.59 Å². The maximum absolute atomic E-state index is 13.7. The molecular formula is C20H24F3N5O8. The van der Waals surface area contributed by atoms with Crippen molar-refractivity contribution in [3.63, 3.8) is 0 Å². The van der Waals surface area contributed by atoms with Crippen LogP contribution in [0.1, 0.15) is 46.8 Å². The number of hydrogen-bond donors (Lipinski definition) is 2. The van der Waals surface area contributed by atoms with Gasteiger partial charge in [0.2, 0.25) is 18.0 Å². The zero-order valence-corrected chi connectivity index (χ0v) is 19.7. The minimum Gasteiger partial charge on any atom is -0.458 e. The van der Waals surface area contributed by atoms with Gasteiger partial charge in [-0.2, -0.15) is 18.2 Å². The van der Waals surface area contributed by atoms with Crippen molar-refractivity contribution < 1.29 is 41.8 Å². The Labute approximate surface area is 200 Å². The number of esters is 2. The van der Waals surface area contributed by atoms with E-state index in [1.54, 1.807) is 6.92 Å². The number of nitrogens with zero attached hydrogens (tertiary/aromatic N) is 3. The number of carbonyl (C=O) groups is 3. The summed E-state index contributed by atoms with van der Waals surface area (Å²) in [7, 11) is 0. The molecule has 198 valence electrons. The maximum atomic E-state index is 13.7. The first-order valence-corrected chi connectivity index (χ1v) is 10.8. The van der Waals surface area contributed by atoms with E-state index in [4.69, 9.17) is 9.47 Å². The van der Waals surface area contributed by atoms with Crippen LogP contribution in [-0.2, 0) is 35.1 Å². The normalized spacial score (nSPS) is 20.8. The number of rotatable bonds is 7. The van der Waals surface area contributed by atoms with Crippen LogP contribution in [0.5, 0.6) is 0 Å². The van der Waals surface area contributed by atoms with E-state index in [1.165, 1.54) is 0 Å². The molecule has 2 aromatic rings. The van der Waals surface area contributed by atoms with Gasteiger partial charge in [0.05, 0.1) is 0 Å². The molecule has 0 radical (unpaired) electrons. The number of aromatic nitrogens is 4. The van der Waals surface area contributed by atoms with Crippen LogP contribution < -0.4 is 16.6 Å². The summed E-state index contributed by atoms with van der Waals surface area (Å²) in [5, 5.41) is 2.27. The highest BCUT2D eigenvalue weighted by Crippen LogP contribution is 2.39. The molecular weight excluding hydrogens is 495 g/mol. The van der Waals surface area contributed by atoms with Gasteiger partial charge in [0, 0.05) is 33.7 Å². The van der Waals surface area contributed by atoms with Crippen molar-refractivity contribution in [2.45, 2.75) is 77.8 Å². The van der Waals surface area contributed by atoms with Crippen molar-refractivity contribution >= 4 is 35.0 Å². The average molecular weight is 519 g/mol. The predicted molar refractivity (Wildman–Crippen MR) is 115 cm³/mol. The number of anilines is 1. The van der Waals surface area contributed by atoms with Crippen molar-refractivity contribution in [1.82, 2.24) is 19.1 Å². The van der Waals surface area contributed by atoms with Gasteiger partial charge in [-0.05, 0) is 6.42 Å². The molecule has 1 unspecified atom stereocenters. The first-order valence-electron chi connectivity index (χ1n) is 10.8. The predicted octanol–water partition coefficient (Wildman–Crippen LogP) is 0.968. The molecule has 4 atom stereocenters. The number of imidazole rings is 1. The second-order valence-electron chi connectivity index (χ2n) is 8.09. The Bertz CT molecular complexity index is 1300. The van der Waals surface area contributed by atoms with Gasteiger partial charge >= 0.3 is 23.8 Å². The first-order chi connectivity index (χ1) is 16.7. The number of amides is 1. The Morgan fingerprint density at radius 2 is 1.89 bits per heavy atom. The van der Waals surface area contributed by atoms with Crippen LogP contribution in [0, 0.1) is 0 Å². The molecule has 1 fully saturated rings. The van der Waals surface area contributed by atoms with Gasteiger partial charge < -0.3 is 14.2 Å². The molecule has 0 aromatic carbocycles. The molecule has 0 aliphatic carbocycles. The third-order valence-corrected chi connectivity index (χ3v) is 5.18. The molecule has 1 saturated heterocycles. The fraction of sp³-hybridized carbons (Fsp3) is 0.600. The van der Waals surface area contributed by atoms with Gasteiger partial charge in [-0.3, -0.25) is 34.0 Å². The third kappa shape index (κ3) is 5.42. The van der Waals surface area contributed by atoms with Gasteiger partial charge in [0.15, 0.2) is 17.4 Å². The molecule has 1 amide bonds. The van der Waals surface area contributed by atoms with Crippen LogP contribution in [0.3, 0.4) is 0 Å². The average Bonchev–Trinajstić information content (AvgIpc) is 3.23. The number of aromatic amines is 1. The smallest absolute Gasteiger partial charge is 0.428 e. The fourth-order valence-corrected chi connectivity index (χ4v) is 4.01. The van der Waals surface area contributed by atoms with Crippen molar-refractivity contribution in [3.05, 3.63) is 20.8 Å². The highest BCUT2D eigenvalue weighted by atomic mass is 19.4. The molecule has 36 heavy (non-hydrogen) atoms. The Kier molecular flexibility index (Phi) is 7.56. The number of hydrogen-bond acceptors (Lipinski definition) is 9. The third-order valence-electron chi connectivity index (χ3n) is 5.18. The summed E-state index contributed by atoms with van der Waals surface area (Å²) in [4.78, 5) is 67.1. The largest absolute Gasteiger partial charge is 0.458 e. The highest BCUT2D eigenvalue weighted by molar-refractivity contribution is 5.87. The fourth-order valence-electron chi connectivity index (χ4n) is 4.01. The van der Waals surface area contributed by atoms with E-state index in [-0.39, 0.29) is 23.7 Å². The standard InChI is InChI=1S/C20H24F3N5O8/c1-5-6-27-13-15(25-18(24-8(2)29)26-16(13)32)28(19(27)33)17-12(34-9(3)30)7-11(36-17)14(20(21,22)23)35-10(4)31/h11-12,14,17H,5-7H2,1-4H3,(H2,24,25,26,29,32)/t11-,12+,14?,17+/m0/s1. The molecule has 0 saturated carbocycles. The molecule has 3 rings (SSSR count). The van der Waals surface area contributed by atoms with Gasteiger partial charge in [-0.25, -0.2) is 9.36 Å². The summed E-state index contributed by atoms with van der Waals surface area (Å²) in [5.41, 5.74) is -2.22. The van der Waals surface area contributed by atoms with E-state index in [9.17, 15) is 37.1 Å². The molecule has 0 bridgehead atoms. The quantitative estimate of drug-likeness (QED) is 0.507. The van der Waals surface area contributed by atoms with Crippen molar-refractivity contribution in [2.24, 2.45) is 0 Å². The van der Waals surface area contributed by atoms with Gasteiger partial charge in [-0.1, -0.05) is 6.92 Å². The molecule has 2 aromatic heterocycles. The zero-order chi connectivity index (χ0) is 26.9. The lowest BCUT2D eigenvalue weighted by Crippen LogP contribution is -2.43. The summed E-state index contributed by atoms with van der Waals surface area (Å²) < 4.78 is 58.0. The van der Waals surface area contributed by atoms with Crippen LogP contribution in [0.4, 0.5) is 19.1 Å². The minimum atomic E-state index is -5.04. The van der Waals surface area contributed by atoms with Crippen molar-refractivity contribution in [2.75, 3.05) is 5.32 Å². The lowest BCUT2D eigenvalue weighted by molar-refractivity contribution is -0.248. The van der Waals surface area contributed by atoms with Crippen molar-refractivity contribution in [3.8, 4) is 0 Å². The molecule has 1 aliphatic rings. The lowest BCUT2D eigenvalue weighted by Gasteiger charge is -2.25. The topological polar surface area (TPSA) is 164 Å². The molecule has 2 N–H and O–H groups in total. The summed E-state index contributed by atoms with van der Waals surface area (Å²) in [6.07, 6.45) is -12.9. The van der Waals surface area contributed by atoms with E-state index < -0.39 is 66.2 Å². The van der Waals surface area contributed by atoms with E-state index >= 15 is 0 Å². The summed E-state index contributed by atoms with van der Waals surface area (Å²) in [5.74, 6) is -3.02. The summed E-state index contributed by atoms with van der Waals surface area (Å²) in [6.45, 7) is 4.71. The number of ether oxygens (including phenoxy) is 3. The molecule has 16 heteroatoms. The molecule has 1 aliphatic heterocycles. The van der Waals surface area contributed by atoms with Crippen LogP contribution in [-0.4, -0.2) is 61.4 Å². The second kappa shape index (κ2) is 10.1. The lowest BCUT2D eigenvalue weighted by atomic mass is 10.1. The minimum absolute atomic E-state index is 0.0413. The number of fused-ring (bicyclic) bond motifs is 1. The number of aryl methyl sites for hydroxylation is 1. The number of carbonyl (C=O) groups excluding carboxylic acids is 3. The van der Waals surface area contributed by atoms with E-state index in [0.717, 1.165) is 29.9 Å². The number of nitrogens with one attached hydrogen (secondary N) is 2. The zero-order valence-electron chi connectivity index (χ0n) is 19.7. The summed E-state index contributed by atoms with van der Waals surface area (Å²) >= 11 is 0. The first kappa shape index (κ1) is 26.9. The van der Waals surface area contributed by atoms with E-state index in [2.05, 4.69) is 20.0 Å². The van der Waals surface area contributed by atoms with E-state index in [1.807, 2.05) is 0 Å². The van der Waals surface area contributed by atoms with Crippen LogP contribution in [0.2, 0.25) is 0 Å². The van der Waals surface area contributed by atoms with Gasteiger partial charge in [0.25, 0.3) is 5.56 Å².